The van der Waals surface area contributed by atoms with E-state index in [0.29, 0.717) is 18.9 Å². The quantitative estimate of drug-likeness (QED) is 0.888. The largest absolute Gasteiger partial charge is 0.341 e. The SMILES string of the molecule is Cc1cc(C)cc(C(N)CN2CC(C)CC2=O)c1. The molecule has 3 nitrogen and oxygen atoms in total. The maximum atomic E-state index is 11.8. The second-order valence-corrected chi connectivity index (χ2v) is 5.64. The van der Waals surface area contributed by atoms with E-state index in [-0.39, 0.29) is 11.9 Å². The van der Waals surface area contributed by atoms with Gasteiger partial charge in [-0.2, -0.15) is 0 Å². The first-order valence-electron chi connectivity index (χ1n) is 6.57. The monoisotopic (exact) mass is 246 g/mol. The van der Waals surface area contributed by atoms with Crippen molar-refractivity contribution in [2.75, 3.05) is 13.1 Å². The molecular weight excluding hydrogens is 224 g/mol. The molecular formula is C15H22N2O. The first-order chi connectivity index (χ1) is 8.45. The zero-order chi connectivity index (χ0) is 13.3. The third-order valence-electron chi connectivity index (χ3n) is 3.50. The number of likely N-dealkylation sites (tertiary alicyclic amines) is 1. The van der Waals surface area contributed by atoms with Crippen molar-refractivity contribution in [1.82, 2.24) is 4.90 Å². The molecule has 18 heavy (non-hydrogen) atoms. The van der Waals surface area contributed by atoms with Gasteiger partial charge in [-0.3, -0.25) is 4.79 Å². The fourth-order valence-electron chi connectivity index (χ4n) is 2.71. The minimum absolute atomic E-state index is 0.0853. The Morgan fingerprint density at radius 1 is 1.33 bits per heavy atom. The zero-order valence-electron chi connectivity index (χ0n) is 11.4. The summed E-state index contributed by atoms with van der Waals surface area (Å²) in [5, 5.41) is 0. The maximum Gasteiger partial charge on any atom is 0.222 e. The summed E-state index contributed by atoms with van der Waals surface area (Å²) < 4.78 is 0. The third kappa shape index (κ3) is 2.91. The number of hydrogen-bond acceptors (Lipinski definition) is 2. The first-order valence-corrected chi connectivity index (χ1v) is 6.57. The van der Waals surface area contributed by atoms with Gasteiger partial charge in [-0.1, -0.05) is 36.2 Å². The van der Waals surface area contributed by atoms with Gasteiger partial charge in [-0.15, -0.1) is 0 Å². The standard InChI is InChI=1S/C15H22N2O/c1-10-4-11(2)6-13(5-10)14(16)9-17-8-12(3)7-15(17)18/h4-6,12,14H,7-9,16H2,1-3H3. The maximum absolute atomic E-state index is 11.8. The molecule has 0 spiro atoms. The number of rotatable bonds is 3. The van der Waals surface area contributed by atoms with Crippen molar-refractivity contribution in [3.63, 3.8) is 0 Å². The van der Waals surface area contributed by atoms with E-state index in [2.05, 4.69) is 39.0 Å². The van der Waals surface area contributed by atoms with Gasteiger partial charge in [0, 0.05) is 25.6 Å². The lowest BCUT2D eigenvalue weighted by atomic mass is 10.0. The van der Waals surface area contributed by atoms with Gasteiger partial charge >= 0.3 is 0 Å². The van der Waals surface area contributed by atoms with Crippen LogP contribution in [0.25, 0.3) is 0 Å². The van der Waals surface area contributed by atoms with Crippen LogP contribution in [0.4, 0.5) is 0 Å². The lowest BCUT2D eigenvalue weighted by Gasteiger charge is -2.22. The number of hydrogen-bond donors (Lipinski definition) is 1. The van der Waals surface area contributed by atoms with E-state index in [1.165, 1.54) is 11.1 Å². The van der Waals surface area contributed by atoms with Crippen molar-refractivity contribution < 1.29 is 4.79 Å². The Labute approximate surface area is 109 Å². The van der Waals surface area contributed by atoms with Gasteiger partial charge in [0.25, 0.3) is 0 Å². The molecule has 1 heterocycles. The fraction of sp³-hybridized carbons (Fsp3) is 0.533. The number of carbonyl (C=O) groups excluding carboxylic acids is 1. The molecule has 1 saturated heterocycles. The van der Waals surface area contributed by atoms with Gasteiger partial charge < -0.3 is 10.6 Å². The molecule has 2 unspecified atom stereocenters. The highest BCUT2D eigenvalue weighted by molar-refractivity contribution is 5.78. The van der Waals surface area contributed by atoms with E-state index in [1.54, 1.807) is 0 Å². The molecule has 1 amide bonds. The fourth-order valence-corrected chi connectivity index (χ4v) is 2.71. The Balaban J connectivity index is 2.07. The van der Waals surface area contributed by atoms with Crippen LogP contribution >= 0.6 is 0 Å². The van der Waals surface area contributed by atoms with Gasteiger partial charge in [0.1, 0.15) is 0 Å². The number of nitrogens with two attached hydrogens (primary N) is 1. The van der Waals surface area contributed by atoms with E-state index in [1.807, 2.05) is 4.90 Å². The normalized spacial score (nSPS) is 21.4. The van der Waals surface area contributed by atoms with E-state index >= 15 is 0 Å². The number of aryl methyl sites for hydroxylation is 2. The van der Waals surface area contributed by atoms with Crippen LogP contribution in [0.5, 0.6) is 0 Å². The molecule has 2 N–H and O–H groups in total. The summed E-state index contributed by atoms with van der Waals surface area (Å²) in [6.45, 7) is 7.74. The molecule has 1 fully saturated rings. The number of amides is 1. The predicted molar refractivity (Wildman–Crippen MR) is 73.2 cm³/mol. The van der Waals surface area contributed by atoms with Crippen molar-refractivity contribution in [1.29, 1.82) is 0 Å². The smallest absolute Gasteiger partial charge is 0.222 e. The minimum atomic E-state index is -0.0853. The van der Waals surface area contributed by atoms with Crippen molar-refractivity contribution in [2.45, 2.75) is 33.2 Å². The molecule has 0 aliphatic carbocycles. The highest BCUT2D eigenvalue weighted by atomic mass is 16.2. The molecule has 0 radical (unpaired) electrons. The summed E-state index contributed by atoms with van der Waals surface area (Å²) in [4.78, 5) is 13.7. The molecule has 1 aromatic rings. The molecule has 0 aromatic heterocycles. The lowest BCUT2D eigenvalue weighted by Crippen LogP contribution is -2.33. The van der Waals surface area contributed by atoms with Gasteiger partial charge in [-0.25, -0.2) is 0 Å². The Morgan fingerprint density at radius 2 is 1.94 bits per heavy atom. The van der Waals surface area contributed by atoms with Crippen LogP contribution in [-0.2, 0) is 4.79 Å². The Hall–Kier alpha value is -1.35. The number of carbonyl (C=O) groups is 1. The van der Waals surface area contributed by atoms with Crippen LogP contribution in [0, 0.1) is 19.8 Å². The zero-order valence-corrected chi connectivity index (χ0v) is 11.4. The van der Waals surface area contributed by atoms with Gasteiger partial charge in [-0.05, 0) is 25.3 Å². The molecule has 1 aliphatic heterocycles. The highest BCUT2D eigenvalue weighted by Gasteiger charge is 2.27. The molecule has 1 aliphatic rings. The number of nitrogens with zero attached hydrogens (tertiary/aromatic N) is 1. The van der Waals surface area contributed by atoms with E-state index in [0.717, 1.165) is 12.1 Å². The molecule has 0 saturated carbocycles. The summed E-state index contributed by atoms with van der Waals surface area (Å²) in [7, 11) is 0. The average molecular weight is 246 g/mol. The molecule has 0 bridgehead atoms. The van der Waals surface area contributed by atoms with Crippen LogP contribution in [-0.4, -0.2) is 23.9 Å². The van der Waals surface area contributed by atoms with E-state index in [9.17, 15) is 4.79 Å². The van der Waals surface area contributed by atoms with Gasteiger partial charge in [0.15, 0.2) is 0 Å². The Kier molecular flexibility index (Phi) is 3.71. The molecule has 98 valence electrons. The van der Waals surface area contributed by atoms with Crippen molar-refractivity contribution >= 4 is 5.91 Å². The molecule has 2 rings (SSSR count). The van der Waals surface area contributed by atoms with Gasteiger partial charge in [0.2, 0.25) is 5.91 Å². The van der Waals surface area contributed by atoms with Crippen LogP contribution in [0.15, 0.2) is 18.2 Å². The van der Waals surface area contributed by atoms with Crippen LogP contribution in [0.1, 0.15) is 36.1 Å². The summed E-state index contributed by atoms with van der Waals surface area (Å²) in [5.41, 5.74) is 9.80. The molecule has 1 aromatic carbocycles. The minimum Gasteiger partial charge on any atom is -0.341 e. The third-order valence-corrected chi connectivity index (χ3v) is 3.50. The second kappa shape index (κ2) is 5.11. The Morgan fingerprint density at radius 3 is 2.44 bits per heavy atom. The van der Waals surface area contributed by atoms with E-state index in [4.69, 9.17) is 5.73 Å². The van der Waals surface area contributed by atoms with Crippen LogP contribution in [0.2, 0.25) is 0 Å². The summed E-state index contributed by atoms with van der Waals surface area (Å²) in [6, 6.07) is 6.28. The summed E-state index contributed by atoms with van der Waals surface area (Å²) in [5.74, 6) is 0.700. The lowest BCUT2D eigenvalue weighted by molar-refractivity contribution is -0.127. The van der Waals surface area contributed by atoms with Crippen LogP contribution in [0.3, 0.4) is 0 Å². The predicted octanol–water partition coefficient (Wildman–Crippen LogP) is 2.17. The average Bonchev–Trinajstić information content (AvgIpc) is 2.56. The molecule has 2 atom stereocenters. The summed E-state index contributed by atoms with van der Waals surface area (Å²) in [6.07, 6.45) is 0.666. The summed E-state index contributed by atoms with van der Waals surface area (Å²) >= 11 is 0. The van der Waals surface area contributed by atoms with Crippen molar-refractivity contribution in [2.24, 2.45) is 11.7 Å². The van der Waals surface area contributed by atoms with Crippen molar-refractivity contribution in [3.05, 3.63) is 34.9 Å². The second-order valence-electron chi connectivity index (χ2n) is 5.64. The van der Waals surface area contributed by atoms with E-state index < -0.39 is 0 Å². The Bertz CT molecular complexity index is 436. The highest BCUT2D eigenvalue weighted by Crippen LogP contribution is 2.21. The van der Waals surface area contributed by atoms with Gasteiger partial charge in [0.05, 0.1) is 0 Å². The van der Waals surface area contributed by atoms with Crippen LogP contribution < -0.4 is 5.73 Å². The topological polar surface area (TPSA) is 46.3 Å². The van der Waals surface area contributed by atoms with Crippen molar-refractivity contribution in [3.8, 4) is 0 Å². The number of benzene rings is 1. The first kappa shape index (κ1) is 13.1. The molecule has 3 heteroatoms.